The van der Waals surface area contributed by atoms with Crippen molar-refractivity contribution in [3.05, 3.63) is 23.2 Å². The number of hydrogen-bond acceptors (Lipinski definition) is 5. The van der Waals surface area contributed by atoms with Crippen LogP contribution in [-0.4, -0.2) is 42.9 Å². The summed E-state index contributed by atoms with van der Waals surface area (Å²) in [4.78, 5) is 26.5. The number of aromatic nitrogens is 2. The van der Waals surface area contributed by atoms with Crippen molar-refractivity contribution in [1.29, 1.82) is 0 Å². The summed E-state index contributed by atoms with van der Waals surface area (Å²) in [6.07, 6.45) is 6.37. The lowest BCUT2D eigenvalue weighted by molar-refractivity contribution is -0.116. The van der Waals surface area contributed by atoms with E-state index in [-0.39, 0.29) is 12.5 Å². The number of amides is 1. The number of allylic oxidation sites excluding steroid dienone is 1. The first-order valence-corrected chi connectivity index (χ1v) is 7.32. The number of primary amides is 1. The molecule has 0 spiro atoms. The summed E-state index contributed by atoms with van der Waals surface area (Å²) in [6.45, 7) is 2.03. The normalized spacial score (nSPS) is 14.2. The van der Waals surface area contributed by atoms with Gasteiger partial charge in [-0.15, -0.1) is 0 Å². The number of aliphatic imine (C=N–C) groups is 1. The van der Waals surface area contributed by atoms with Gasteiger partial charge in [0.2, 0.25) is 5.91 Å². The van der Waals surface area contributed by atoms with E-state index in [1.54, 1.807) is 18.3 Å². The number of aryl methyl sites for hydroxylation is 1. The molecule has 0 saturated carbocycles. The van der Waals surface area contributed by atoms with Gasteiger partial charge < -0.3 is 16.0 Å². The van der Waals surface area contributed by atoms with Crippen LogP contribution in [0.25, 0.3) is 5.70 Å². The van der Waals surface area contributed by atoms with E-state index in [2.05, 4.69) is 20.3 Å². The lowest BCUT2D eigenvalue weighted by Crippen LogP contribution is -2.32. The Kier molecular flexibility index (Phi) is 5.08. The van der Waals surface area contributed by atoms with Gasteiger partial charge >= 0.3 is 0 Å². The predicted octanol–water partition coefficient (Wildman–Crippen LogP) is 0.495. The predicted molar refractivity (Wildman–Crippen MR) is 87.7 cm³/mol. The second-order valence-corrected chi connectivity index (χ2v) is 5.19. The third-order valence-corrected chi connectivity index (χ3v) is 3.50. The highest BCUT2D eigenvalue weighted by molar-refractivity contribution is 5.79. The van der Waals surface area contributed by atoms with Crippen molar-refractivity contribution < 1.29 is 4.79 Å². The molecule has 3 N–H and O–H groups in total. The van der Waals surface area contributed by atoms with E-state index in [4.69, 9.17) is 5.73 Å². The zero-order valence-electron chi connectivity index (χ0n) is 13.3. The quantitative estimate of drug-likeness (QED) is 0.589. The lowest BCUT2D eigenvalue weighted by atomic mass is 10.2. The minimum absolute atomic E-state index is 0.133. The number of rotatable bonds is 6. The van der Waals surface area contributed by atoms with Gasteiger partial charge in [0.25, 0.3) is 0 Å². The van der Waals surface area contributed by atoms with E-state index in [0.717, 1.165) is 36.3 Å². The molecular formula is C15H22N6O. The minimum Gasteiger partial charge on any atom is -0.379 e. The van der Waals surface area contributed by atoms with Crippen molar-refractivity contribution >= 4 is 23.8 Å². The third-order valence-electron chi connectivity index (χ3n) is 3.50. The van der Waals surface area contributed by atoms with Crippen molar-refractivity contribution in [2.45, 2.75) is 26.2 Å². The number of hydrogen-bond donors (Lipinski definition) is 2. The second-order valence-electron chi connectivity index (χ2n) is 5.19. The Balaban J connectivity index is 2.45. The molecule has 2 rings (SSSR count). The Hall–Kier alpha value is -2.44. The molecule has 1 aromatic heterocycles. The molecule has 0 radical (unpaired) electrons. The molecule has 7 heteroatoms. The highest BCUT2D eigenvalue weighted by Gasteiger charge is 2.23. The number of fused-ring (bicyclic) bond motifs is 1. The Labute approximate surface area is 130 Å². The van der Waals surface area contributed by atoms with Crippen molar-refractivity contribution in [2.75, 3.05) is 25.5 Å². The molecule has 1 amide bonds. The summed E-state index contributed by atoms with van der Waals surface area (Å²) >= 11 is 0. The zero-order valence-corrected chi connectivity index (χ0v) is 13.3. The van der Waals surface area contributed by atoms with Crippen LogP contribution >= 0.6 is 0 Å². The molecule has 0 unspecified atom stereocenters. The first kappa shape index (κ1) is 15.9. The maximum absolute atomic E-state index is 11.2. The Bertz CT molecular complexity index is 623. The van der Waals surface area contributed by atoms with E-state index >= 15 is 0 Å². The van der Waals surface area contributed by atoms with Crippen molar-refractivity contribution in [2.24, 2.45) is 10.7 Å². The summed E-state index contributed by atoms with van der Waals surface area (Å²) < 4.78 is 0. The van der Waals surface area contributed by atoms with Gasteiger partial charge in [-0.3, -0.25) is 4.79 Å². The zero-order chi connectivity index (χ0) is 16.1. The van der Waals surface area contributed by atoms with Gasteiger partial charge in [-0.05, 0) is 26.2 Å². The fourth-order valence-electron chi connectivity index (χ4n) is 2.55. The van der Waals surface area contributed by atoms with Crippen molar-refractivity contribution in [3.8, 4) is 0 Å². The van der Waals surface area contributed by atoms with Crippen LogP contribution in [-0.2, 0) is 17.6 Å². The van der Waals surface area contributed by atoms with Crippen LogP contribution in [0.5, 0.6) is 0 Å². The number of nitrogens with two attached hydrogens (primary N) is 1. The largest absolute Gasteiger partial charge is 0.379 e. The molecule has 1 heterocycles. The molecule has 0 bridgehead atoms. The minimum atomic E-state index is -0.381. The van der Waals surface area contributed by atoms with Crippen molar-refractivity contribution in [3.63, 3.8) is 0 Å². The van der Waals surface area contributed by atoms with Gasteiger partial charge in [0.15, 0.2) is 5.82 Å². The van der Waals surface area contributed by atoms with E-state index in [0.29, 0.717) is 11.5 Å². The van der Waals surface area contributed by atoms with Gasteiger partial charge in [-0.2, -0.15) is 0 Å². The molecule has 0 atom stereocenters. The molecular weight excluding hydrogens is 280 g/mol. The maximum atomic E-state index is 11.2. The number of likely N-dealkylation sites (N-methyl/N-ethyl adjacent to an activating group) is 1. The number of carbonyl (C=O) groups excluding carboxylic acids is 1. The molecule has 0 aliphatic heterocycles. The average Bonchev–Trinajstić information content (AvgIpc) is 2.94. The third kappa shape index (κ3) is 3.41. The maximum Gasteiger partial charge on any atom is 0.236 e. The summed E-state index contributed by atoms with van der Waals surface area (Å²) in [6, 6.07) is 0. The fourth-order valence-corrected chi connectivity index (χ4v) is 2.55. The van der Waals surface area contributed by atoms with E-state index in [9.17, 15) is 4.79 Å². The summed E-state index contributed by atoms with van der Waals surface area (Å²) in [5.41, 5.74) is 8.14. The molecule has 0 fully saturated rings. The molecule has 118 valence electrons. The SMILES string of the molecule is C/C=C(\N=C/NC)c1nc2c(c(N(C)CC(N)=O)n1)CCC2. The molecule has 0 saturated heterocycles. The number of nitrogens with one attached hydrogen (secondary N) is 1. The summed E-state index contributed by atoms with van der Waals surface area (Å²) in [5.74, 6) is 0.963. The molecule has 7 nitrogen and oxygen atoms in total. The summed E-state index contributed by atoms with van der Waals surface area (Å²) in [7, 11) is 3.61. The van der Waals surface area contributed by atoms with Crippen LogP contribution in [0.4, 0.5) is 5.82 Å². The van der Waals surface area contributed by atoms with Crippen LogP contribution in [0.1, 0.15) is 30.4 Å². The van der Waals surface area contributed by atoms with Gasteiger partial charge in [0, 0.05) is 25.4 Å². The Morgan fingerprint density at radius 1 is 1.45 bits per heavy atom. The van der Waals surface area contributed by atoms with Gasteiger partial charge in [0.05, 0.1) is 12.9 Å². The smallest absolute Gasteiger partial charge is 0.236 e. The first-order chi connectivity index (χ1) is 10.6. The van der Waals surface area contributed by atoms with Gasteiger partial charge in [-0.1, -0.05) is 6.08 Å². The van der Waals surface area contributed by atoms with E-state index in [1.807, 2.05) is 20.0 Å². The topological polar surface area (TPSA) is 96.5 Å². The highest BCUT2D eigenvalue weighted by atomic mass is 16.1. The molecule has 1 aromatic rings. The second kappa shape index (κ2) is 7.02. The van der Waals surface area contributed by atoms with E-state index in [1.165, 1.54) is 0 Å². The highest BCUT2D eigenvalue weighted by Crippen LogP contribution is 2.29. The van der Waals surface area contributed by atoms with Crippen LogP contribution in [0.15, 0.2) is 11.1 Å². The monoisotopic (exact) mass is 302 g/mol. The van der Waals surface area contributed by atoms with Crippen molar-refractivity contribution in [1.82, 2.24) is 15.3 Å². The molecule has 22 heavy (non-hydrogen) atoms. The lowest BCUT2D eigenvalue weighted by Gasteiger charge is -2.20. The Morgan fingerprint density at radius 3 is 2.86 bits per heavy atom. The van der Waals surface area contributed by atoms with Crippen LogP contribution in [0.3, 0.4) is 0 Å². The average molecular weight is 302 g/mol. The molecule has 1 aliphatic carbocycles. The summed E-state index contributed by atoms with van der Waals surface area (Å²) in [5, 5.41) is 2.86. The van der Waals surface area contributed by atoms with Crippen LogP contribution in [0, 0.1) is 0 Å². The fraction of sp³-hybridized carbons (Fsp3) is 0.467. The first-order valence-electron chi connectivity index (χ1n) is 7.32. The Morgan fingerprint density at radius 2 is 2.23 bits per heavy atom. The van der Waals surface area contributed by atoms with Gasteiger partial charge in [-0.25, -0.2) is 15.0 Å². The molecule has 0 aromatic carbocycles. The molecule has 1 aliphatic rings. The van der Waals surface area contributed by atoms with Crippen LogP contribution in [0.2, 0.25) is 0 Å². The number of carbonyl (C=O) groups is 1. The van der Waals surface area contributed by atoms with E-state index < -0.39 is 0 Å². The van der Waals surface area contributed by atoms with Crippen LogP contribution < -0.4 is 16.0 Å². The number of nitrogens with zero attached hydrogens (tertiary/aromatic N) is 4. The van der Waals surface area contributed by atoms with Gasteiger partial charge in [0.1, 0.15) is 11.5 Å². The number of anilines is 1. The standard InChI is InChI=1S/C15H22N6O/c1-4-11(18-9-17-2)14-19-12-7-5-6-10(12)15(20-14)21(3)8-13(16)22/h4,9H,5-8H2,1-3H3,(H2,16,22)(H,17,18)/b11-4-.